The summed E-state index contributed by atoms with van der Waals surface area (Å²) < 4.78 is 11.4. The zero-order valence-electron chi connectivity index (χ0n) is 16.9. The molecular weight excluding hydrogens is 400 g/mol. The summed E-state index contributed by atoms with van der Waals surface area (Å²) in [6, 6.07) is 17.4. The highest BCUT2D eigenvalue weighted by molar-refractivity contribution is 6.30. The molecule has 0 atom stereocenters. The topological polar surface area (TPSA) is 60.5 Å². The van der Waals surface area contributed by atoms with Crippen molar-refractivity contribution in [3.05, 3.63) is 82.6 Å². The largest absolute Gasteiger partial charge is 0.486 e. The second kappa shape index (κ2) is 8.46. The third kappa shape index (κ3) is 4.32. The summed E-state index contributed by atoms with van der Waals surface area (Å²) in [4.78, 5) is 17.5. The fourth-order valence-electron chi connectivity index (χ4n) is 3.41. The maximum Gasteiger partial charge on any atom is 0.274 e. The average molecular weight is 423 g/mol. The number of carbonyl (C=O) groups excluding carboxylic acids is 1. The van der Waals surface area contributed by atoms with Crippen molar-refractivity contribution >= 4 is 17.5 Å². The fourth-order valence-corrected chi connectivity index (χ4v) is 3.60. The first-order chi connectivity index (χ1) is 14.5. The molecule has 6 heteroatoms. The normalized spacial score (nSPS) is 14.6. The van der Waals surface area contributed by atoms with Crippen molar-refractivity contribution in [3.8, 4) is 16.9 Å². The first-order valence-electron chi connectivity index (χ1n) is 9.78. The molecule has 1 saturated heterocycles. The van der Waals surface area contributed by atoms with E-state index in [9.17, 15) is 4.79 Å². The number of ether oxygens (including phenoxy) is 2. The smallest absolute Gasteiger partial charge is 0.274 e. The summed E-state index contributed by atoms with van der Waals surface area (Å²) in [7, 11) is 0. The van der Waals surface area contributed by atoms with Crippen LogP contribution in [0.1, 0.15) is 28.5 Å². The van der Waals surface area contributed by atoms with Crippen LogP contribution in [0, 0.1) is 6.92 Å². The highest BCUT2D eigenvalue weighted by atomic mass is 35.5. The predicted octanol–water partition coefficient (Wildman–Crippen LogP) is 4.81. The van der Waals surface area contributed by atoms with Gasteiger partial charge in [0, 0.05) is 22.3 Å². The van der Waals surface area contributed by atoms with E-state index in [-0.39, 0.29) is 17.1 Å². The van der Waals surface area contributed by atoms with Crippen molar-refractivity contribution in [2.75, 3.05) is 13.2 Å². The average Bonchev–Trinajstić information content (AvgIpc) is 2.72. The second-order valence-electron chi connectivity index (χ2n) is 7.77. The minimum atomic E-state index is -0.380. The molecule has 2 aromatic carbocycles. The third-order valence-electron chi connectivity index (χ3n) is 5.12. The van der Waals surface area contributed by atoms with E-state index in [2.05, 4.69) is 10.3 Å². The molecule has 1 amide bonds. The number of nitrogens with zero attached hydrogens (tertiary/aromatic N) is 1. The van der Waals surface area contributed by atoms with Crippen LogP contribution in [-0.2, 0) is 11.3 Å². The summed E-state index contributed by atoms with van der Waals surface area (Å²) in [6.45, 7) is 5.19. The van der Waals surface area contributed by atoms with Crippen LogP contribution < -0.4 is 10.1 Å². The highest BCUT2D eigenvalue weighted by Gasteiger charge is 2.36. The van der Waals surface area contributed by atoms with Crippen molar-refractivity contribution in [2.45, 2.75) is 26.0 Å². The molecule has 30 heavy (non-hydrogen) atoms. The summed E-state index contributed by atoms with van der Waals surface area (Å²) >= 11 is 6.18. The lowest BCUT2D eigenvalue weighted by molar-refractivity contribution is -0.0594. The third-order valence-corrected chi connectivity index (χ3v) is 5.35. The Labute approximate surface area is 181 Å². The first-order valence-corrected chi connectivity index (χ1v) is 10.2. The van der Waals surface area contributed by atoms with E-state index in [1.165, 1.54) is 0 Å². The van der Waals surface area contributed by atoms with Crippen LogP contribution in [0.15, 0.2) is 60.8 Å². The molecule has 4 rings (SSSR count). The second-order valence-corrected chi connectivity index (χ2v) is 8.20. The van der Waals surface area contributed by atoms with Crippen LogP contribution in [0.5, 0.6) is 5.75 Å². The van der Waals surface area contributed by atoms with E-state index >= 15 is 0 Å². The van der Waals surface area contributed by atoms with Crippen LogP contribution in [-0.4, -0.2) is 29.6 Å². The molecule has 0 spiro atoms. The molecule has 5 nitrogen and oxygen atoms in total. The van der Waals surface area contributed by atoms with Gasteiger partial charge in [-0.1, -0.05) is 54.1 Å². The van der Waals surface area contributed by atoms with Gasteiger partial charge in [0.1, 0.15) is 6.61 Å². The van der Waals surface area contributed by atoms with Gasteiger partial charge in [0.25, 0.3) is 5.91 Å². The van der Waals surface area contributed by atoms with Gasteiger partial charge in [-0.3, -0.25) is 4.79 Å². The number of aromatic nitrogens is 1. The van der Waals surface area contributed by atoms with Crippen molar-refractivity contribution < 1.29 is 14.3 Å². The zero-order chi connectivity index (χ0) is 21.1. The first kappa shape index (κ1) is 20.4. The minimum absolute atomic E-state index is 0.266. The Hall–Kier alpha value is -2.89. The lowest BCUT2D eigenvalue weighted by Gasteiger charge is -2.38. The monoisotopic (exact) mass is 422 g/mol. The molecule has 1 aliphatic heterocycles. The number of carbonyl (C=O) groups is 1. The number of nitrogens with one attached hydrogen (secondary N) is 1. The molecule has 0 saturated carbocycles. The van der Waals surface area contributed by atoms with E-state index in [1.807, 2.05) is 68.4 Å². The van der Waals surface area contributed by atoms with E-state index in [4.69, 9.17) is 21.1 Å². The van der Waals surface area contributed by atoms with Crippen molar-refractivity contribution in [1.82, 2.24) is 10.3 Å². The molecule has 0 unspecified atom stereocenters. The van der Waals surface area contributed by atoms with Crippen LogP contribution >= 0.6 is 11.6 Å². The number of hydrogen-bond acceptors (Lipinski definition) is 4. The molecular formula is C24H23ClN2O3. The van der Waals surface area contributed by atoms with Crippen LogP contribution in [0.3, 0.4) is 0 Å². The van der Waals surface area contributed by atoms with Gasteiger partial charge in [0.05, 0.1) is 18.8 Å². The van der Waals surface area contributed by atoms with Crippen LogP contribution in [0.2, 0.25) is 5.02 Å². The van der Waals surface area contributed by atoms with Gasteiger partial charge in [-0.2, -0.15) is 0 Å². The van der Waals surface area contributed by atoms with Crippen molar-refractivity contribution in [2.24, 2.45) is 0 Å². The van der Waals surface area contributed by atoms with Gasteiger partial charge in [-0.15, -0.1) is 0 Å². The molecule has 1 aliphatic rings. The summed E-state index contributed by atoms with van der Waals surface area (Å²) in [6.07, 6.45) is 1.70. The van der Waals surface area contributed by atoms with Gasteiger partial charge >= 0.3 is 0 Å². The van der Waals surface area contributed by atoms with Gasteiger partial charge in [0.2, 0.25) is 0 Å². The maximum atomic E-state index is 13.0. The quantitative estimate of drug-likeness (QED) is 0.619. The Bertz CT molecular complexity index is 1070. The van der Waals surface area contributed by atoms with Gasteiger partial charge in [0.15, 0.2) is 11.4 Å². The molecule has 154 valence electrons. The standard InChI is InChI=1S/C24H23ClN2O3/c1-16-20(18-9-6-10-19(25)11-18)12-26-21(23(28)27-24(2)14-29-15-24)22(16)30-13-17-7-4-3-5-8-17/h3-12H,13-15H2,1-2H3,(H,27,28). The van der Waals surface area contributed by atoms with E-state index < -0.39 is 0 Å². The number of amides is 1. The fraction of sp³-hybridized carbons (Fsp3) is 0.250. The molecule has 0 bridgehead atoms. The van der Waals surface area contributed by atoms with E-state index in [1.54, 1.807) is 6.20 Å². The number of hydrogen-bond donors (Lipinski definition) is 1. The molecule has 0 radical (unpaired) electrons. The molecule has 1 fully saturated rings. The van der Waals surface area contributed by atoms with Crippen molar-refractivity contribution in [3.63, 3.8) is 0 Å². The Kier molecular flexibility index (Phi) is 5.75. The summed E-state index contributed by atoms with van der Waals surface area (Å²) in [5.74, 6) is 0.197. The highest BCUT2D eigenvalue weighted by Crippen LogP contribution is 2.33. The molecule has 0 aliphatic carbocycles. The Morgan fingerprint density at radius 1 is 1.20 bits per heavy atom. The molecule has 3 aromatic rings. The van der Waals surface area contributed by atoms with Crippen LogP contribution in [0.25, 0.3) is 11.1 Å². The maximum absolute atomic E-state index is 13.0. The molecule has 1 N–H and O–H groups in total. The van der Waals surface area contributed by atoms with E-state index in [0.29, 0.717) is 30.6 Å². The van der Waals surface area contributed by atoms with Gasteiger partial charge in [-0.05, 0) is 37.1 Å². The zero-order valence-corrected chi connectivity index (χ0v) is 17.7. The van der Waals surface area contributed by atoms with Crippen molar-refractivity contribution in [1.29, 1.82) is 0 Å². The number of benzene rings is 2. The SMILES string of the molecule is Cc1c(-c2cccc(Cl)c2)cnc(C(=O)NC2(C)COC2)c1OCc1ccccc1. The molecule has 2 heterocycles. The summed E-state index contributed by atoms with van der Waals surface area (Å²) in [5, 5.41) is 3.65. The lowest BCUT2D eigenvalue weighted by atomic mass is 9.99. The molecule has 1 aromatic heterocycles. The number of halogens is 1. The predicted molar refractivity (Wildman–Crippen MR) is 117 cm³/mol. The Morgan fingerprint density at radius 3 is 2.63 bits per heavy atom. The van der Waals surface area contributed by atoms with Crippen LogP contribution in [0.4, 0.5) is 0 Å². The number of pyridine rings is 1. The summed E-state index contributed by atoms with van der Waals surface area (Å²) in [5.41, 5.74) is 3.52. The number of rotatable bonds is 6. The lowest BCUT2D eigenvalue weighted by Crippen LogP contribution is -2.60. The van der Waals surface area contributed by atoms with Gasteiger partial charge < -0.3 is 14.8 Å². The van der Waals surface area contributed by atoms with E-state index in [0.717, 1.165) is 22.3 Å². The minimum Gasteiger partial charge on any atom is -0.486 e. The van der Waals surface area contributed by atoms with Gasteiger partial charge in [-0.25, -0.2) is 4.98 Å². The Morgan fingerprint density at radius 2 is 1.97 bits per heavy atom. The Balaban J connectivity index is 1.71.